The predicted octanol–water partition coefficient (Wildman–Crippen LogP) is 2.21. The molecule has 4 heterocycles. The van der Waals surface area contributed by atoms with Crippen LogP contribution in [0, 0.1) is 6.92 Å². The number of likely N-dealkylation sites (tertiary alicyclic amines) is 2. The first-order valence-electron chi connectivity index (χ1n) is 10.0. The summed E-state index contributed by atoms with van der Waals surface area (Å²) < 4.78 is 2.25. The lowest BCUT2D eigenvalue weighted by molar-refractivity contribution is 0.192. The molecule has 2 fully saturated rings. The summed E-state index contributed by atoms with van der Waals surface area (Å²) in [6, 6.07) is 0. The van der Waals surface area contributed by atoms with Gasteiger partial charge in [0.15, 0.2) is 0 Å². The Labute approximate surface area is 155 Å². The molecule has 2 aliphatic rings. The molecule has 0 aliphatic carbocycles. The maximum Gasteiger partial charge on any atom is 0.146 e. The minimum Gasteiger partial charge on any atom is -0.348 e. The highest BCUT2D eigenvalue weighted by molar-refractivity contribution is 5.10. The van der Waals surface area contributed by atoms with Crippen molar-refractivity contribution in [1.29, 1.82) is 0 Å². The monoisotopic (exact) mass is 357 g/mol. The molecule has 2 aromatic rings. The van der Waals surface area contributed by atoms with Crippen LogP contribution in [-0.2, 0) is 20.1 Å². The summed E-state index contributed by atoms with van der Waals surface area (Å²) in [5, 5.41) is 9.13. The Balaban J connectivity index is 1.41. The number of hydrogen-bond acceptors (Lipinski definition) is 5. The van der Waals surface area contributed by atoms with Gasteiger partial charge in [0.05, 0.1) is 18.6 Å². The highest BCUT2D eigenvalue weighted by Crippen LogP contribution is 2.27. The molecule has 0 aromatic carbocycles. The fourth-order valence-corrected chi connectivity index (χ4v) is 4.35. The van der Waals surface area contributed by atoms with E-state index in [4.69, 9.17) is 0 Å². The Morgan fingerprint density at radius 3 is 2.62 bits per heavy atom. The van der Waals surface area contributed by atoms with Gasteiger partial charge in [-0.1, -0.05) is 6.42 Å². The van der Waals surface area contributed by atoms with Gasteiger partial charge in [0.25, 0.3) is 0 Å². The molecule has 1 N–H and O–H groups in total. The second kappa shape index (κ2) is 7.88. The molecule has 0 amide bonds. The van der Waals surface area contributed by atoms with E-state index in [-0.39, 0.29) is 0 Å². The minimum absolute atomic E-state index is 0.468. The van der Waals surface area contributed by atoms with Gasteiger partial charge >= 0.3 is 0 Å². The molecule has 7 heteroatoms. The van der Waals surface area contributed by atoms with Gasteiger partial charge in [-0.05, 0) is 52.2 Å². The van der Waals surface area contributed by atoms with Crippen LogP contribution in [0.1, 0.15) is 61.1 Å². The number of aromatic nitrogens is 5. The maximum absolute atomic E-state index is 4.59. The van der Waals surface area contributed by atoms with Gasteiger partial charge in [-0.15, -0.1) is 10.2 Å². The normalized spacial score (nSPS) is 22.8. The van der Waals surface area contributed by atoms with Crippen LogP contribution in [0.3, 0.4) is 0 Å². The summed E-state index contributed by atoms with van der Waals surface area (Å²) in [5.74, 6) is 2.73. The van der Waals surface area contributed by atoms with Crippen molar-refractivity contribution in [3.05, 3.63) is 29.4 Å². The fraction of sp³-hybridized carbons (Fsp3) is 0.737. The standard InChI is InChI=1S/C19H31N7/c1-15-17(21-14-20-15)12-26-10-6-7-16(11-26)19-23-22-18(24(19)2)13-25-8-4-3-5-9-25/h14,16H,3-13H2,1-2H3,(H,20,21). The van der Waals surface area contributed by atoms with E-state index in [0.29, 0.717) is 5.92 Å². The number of piperidine rings is 2. The number of imidazole rings is 1. The summed E-state index contributed by atoms with van der Waals surface area (Å²) >= 11 is 0. The van der Waals surface area contributed by atoms with Gasteiger partial charge in [0.2, 0.25) is 0 Å². The number of aryl methyl sites for hydroxylation is 1. The van der Waals surface area contributed by atoms with Crippen LogP contribution in [0.15, 0.2) is 6.33 Å². The van der Waals surface area contributed by atoms with Crippen LogP contribution in [0.25, 0.3) is 0 Å². The third kappa shape index (κ3) is 3.83. The molecule has 4 rings (SSSR count). The van der Waals surface area contributed by atoms with E-state index in [2.05, 4.69) is 48.5 Å². The third-order valence-corrected chi connectivity index (χ3v) is 5.99. The largest absolute Gasteiger partial charge is 0.348 e. The number of rotatable bonds is 5. The van der Waals surface area contributed by atoms with Crippen LogP contribution in [0.4, 0.5) is 0 Å². The molecule has 2 aromatic heterocycles. The first-order chi connectivity index (χ1) is 12.7. The van der Waals surface area contributed by atoms with E-state index in [9.17, 15) is 0 Å². The summed E-state index contributed by atoms with van der Waals surface area (Å²) in [7, 11) is 2.14. The molecular formula is C19H31N7. The van der Waals surface area contributed by atoms with Crippen molar-refractivity contribution in [2.24, 2.45) is 7.05 Å². The zero-order valence-corrected chi connectivity index (χ0v) is 16.1. The molecule has 0 bridgehead atoms. The van der Waals surface area contributed by atoms with E-state index < -0.39 is 0 Å². The van der Waals surface area contributed by atoms with Gasteiger partial charge in [0, 0.05) is 31.7 Å². The van der Waals surface area contributed by atoms with Crippen molar-refractivity contribution in [3.63, 3.8) is 0 Å². The van der Waals surface area contributed by atoms with E-state index in [1.165, 1.54) is 50.9 Å². The van der Waals surface area contributed by atoms with Crippen molar-refractivity contribution in [2.75, 3.05) is 26.2 Å². The number of hydrogen-bond donors (Lipinski definition) is 1. The first-order valence-corrected chi connectivity index (χ1v) is 10.0. The SMILES string of the molecule is Cc1[nH]cnc1CN1CCCC(c2nnc(CN3CCCCC3)n2C)C1. The highest BCUT2D eigenvalue weighted by Gasteiger charge is 2.27. The van der Waals surface area contributed by atoms with Crippen LogP contribution in [0.5, 0.6) is 0 Å². The highest BCUT2D eigenvalue weighted by atomic mass is 15.3. The van der Waals surface area contributed by atoms with Gasteiger partial charge in [-0.2, -0.15) is 0 Å². The number of nitrogens with one attached hydrogen (secondary N) is 1. The Kier molecular flexibility index (Phi) is 5.36. The fourth-order valence-electron chi connectivity index (χ4n) is 4.35. The predicted molar refractivity (Wildman–Crippen MR) is 101 cm³/mol. The van der Waals surface area contributed by atoms with Crippen LogP contribution in [0.2, 0.25) is 0 Å². The lowest BCUT2D eigenvalue weighted by atomic mass is 9.97. The topological polar surface area (TPSA) is 65.9 Å². The van der Waals surface area contributed by atoms with Crippen LogP contribution in [-0.4, -0.2) is 60.7 Å². The van der Waals surface area contributed by atoms with Crippen molar-refractivity contribution in [3.8, 4) is 0 Å². The molecule has 2 aliphatic heterocycles. The smallest absolute Gasteiger partial charge is 0.146 e. The molecule has 1 unspecified atom stereocenters. The number of aromatic amines is 1. The average molecular weight is 358 g/mol. The molecule has 26 heavy (non-hydrogen) atoms. The van der Waals surface area contributed by atoms with Gasteiger partial charge in [-0.3, -0.25) is 9.80 Å². The van der Waals surface area contributed by atoms with Crippen molar-refractivity contribution < 1.29 is 0 Å². The van der Waals surface area contributed by atoms with Gasteiger partial charge in [-0.25, -0.2) is 4.98 Å². The zero-order chi connectivity index (χ0) is 17.9. The maximum atomic E-state index is 4.59. The van der Waals surface area contributed by atoms with E-state index in [0.717, 1.165) is 43.5 Å². The number of H-pyrrole nitrogens is 1. The van der Waals surface area contributed by atoms with Crippen molar-refractivity contribution in [1.82, 2.24) is 34.5 Å². The zero-order valence-electron chi connectivity index (χ0n) is 16.1. The molecule has 1 atom stereocenters. The Morgan fingerprint density at radius 1 is 1.04 bits per heavy atom. The lowest BCUT2D eigenvalue weighted by Gasteiger charge is -2.32. The average Bonchev–Trinajstić information content (AvgIpc) is 3.22. The number of nitrogens with zero attached hydrogens (tertiary/aromatic N) is 6. The molecule has 0 radical (unpaired) electrons. The van der Waals surface area contributed by atoms with Crippen molar-refractivity contribution in [2.45, 2.75) is 58.0 Å². The summed E-state index contributed by atoms with van der Waals surface area (Å²) in [6.07, 6.45) is 8.20. The quantitative estimate of drug-likeness (QED) is 0.889. The molecule has 142 valence electrons. The first kappa shape index (κ1) is 17.7. The van der Waals surface area contributed by atoms with Gasteiger partial charge in [0.1, 0.15) is 11.6 Å². The van der Waals surface area contributed by atoms with Crippen molar-refractivity contribution >= 4 is 0 Å². The second-order valence-corrected chi connectivity index (χ2v) is 7.92. The van der Waals surface area contributed by atoms with Crippen LogP contribution < -0.4 is 0 Å². The Morgan fingerprint density at radius 2 is 1.85 bits per heavy atom. The molecule has 2 saturated heterocycles. The molecule has 0 saturated carbocycles. The molecular weight excluding hydrogens is 326 g/mol. The van der Waals surface area contributed by atoms with E-state index >= 15 is 0 Å². The van der Waals surface area contributed by atoms with E-state index in [1.54, 1.807) is 6.33 Å². The van der Waals surface area contributed by atoms with E-state index in [1.807, 2.05) is 0 Å². The minimum atomic E-state index is 0.468. The third-order valence-electron chi connectivity index (χ3n) is 5.99. The summed E-state index contributed by atoms with van der Waals surface area (Å²) in [5.41, 5.74) is 2.34. The van der Waals surface area contributed by atoms with Crippen LogP contribution >= 0.6 is 0 Å². The van der Waals surface area contributed by atoms with Gasteiger partial charge < -0.3 is 9.55 Å². The summed E-state index contributed by atoms with van der Waals surface area (Å²) in [4.78, 5) is 12.7. The lowest BCUT2D eigenvalue weighted by Crippen LogP contribution is -2.35. The Hall–Kier alpha value is -1.73. The second-order valence-electron chi connectivity index (χ2n) is 7.92. The molecule has 0 spiro atoms. The summed E-state index contributed by atoms with van der Waals surface area (Å²) in [6.45, 7) is 8.53. The Bertz CT molecular complexity index is 713. The molecule has 7 nitrogen and oxygen atoms in total.